The molecular formula is C18H11FN2O4S. The average Bonchev–Trinajstić information content (AvgIpc) is 3.04. The van der Waals surface area contributed by atoms with E-state index in [1.165, 1.54) is 48.5 Å². The van der Waals surface area contributed by atoms with Gasteiger partial charge in [-0.2, -0.15) is 0 Å². The van der Waals surface area contributed by atoms with E-state index in [4.69, 9.17) is 0 Å². The van der Waals surface area contributed by atoms with Crippen molar-refractivity contribution < 1.29 is 23.9 Å². The quantitative estimate of drug-likeness (QED) is 0.792. The van der Waals surface area contributed by atoms with Gasteiger partial charge in [-0.15, -0.1) is 0 Å². The highest BCUT2D eigenvalue weighted by Crippen LogP contribution is 2.40. The highest BCUT2D eigenvalue weighted by molar-refractivity contribution is 8.18. The van der Waals surface area contributed by atoms with Crippen LogP contribution >= 0.6 is 11.8 Å². The SMILES string of the molecule is O=C1Nc2ccc(F)cc2[C@H]1/C=C1\SC(=O)N(c2cccc(O)c2)C1=O. The van der Waals surface area contributed by atoms with Gasteiger partial charge in [0.1, 0.15) is 11.6 Å². The lowest BCUT2D eigenvalue weighted by Crippen LogP contribution is -2.27. The van der Waals surface area contributed by atoms with Gasteiger partial charge in [-0.3, -0.25) is 14.4 Å². The highest BCUT2D eigenvalue weighted by Gasteiger charge is 2.39. The number of carbonyl (C=O) groups is 3. The number of halogens is 1. The van der Waals surface area contributed by atoms with Crippen molar-refractivity contribution in [3.05, 3.63) is 64.8 Å². The molecule has 0 bridgehead atoms. The molecule has 1 fully saturated rings. The van der Waals surface area contributed by atoms with Crippen LogP contribution in [0.25, 0.3) is 0 Å². The number of benzene rings is 2. The minimum atomic E-state index is -0.857. The summed E-state index contributed by atoms with van der Waals surface area (Å²) in [6, 6.07) is 9.67. The van der Waals surface area contributed by atoms with Crippen molar-refractivity contribution in [2.45, 2.75) is 5.92 Å². The fourth-order valence-corrected chi connectivity index (χ4v) is 3.76. The molecule has 2 N–H and O–H groups in total. The van der Waals surface area contributed by atoms with Crippen LogP contribution in [0.15, 0.2) is 53.4 Å². The van der Waals surface area contributed by atoms with Crippen molar-refractivity contribution in [2.75, 3.05) is 10.2 Å². The summed E-state index contributed by atoms with van der Waals surface area (Å²) < 4.78 is 13.5. The monoisotopic (exact) mass is 370 g/mol. The number of nitrogens with zero attached hydrogens (tertiary/aromatic N) is 1. The Morgan fingerprint density at radius 2 is 1.96 bits per heavy atom. The summed E-state index contributed by atoms with van der Waals surface area (Å²) in [4.78, 5) is 38.1. The molecule has 0 aromatic heterocycles. The topological polar surface area (TPSA) is 86.7 Å². The number of thioether (sulfide) groups is 1. The number of anilines is 2. The van der Waals surface area contributed by atoms with E-state index in [1.54, 1.807) is 0 Å². The Morgan fingerprint density at radius 1 is 1.15 bits per heavy atom. The molecule has 3 amide bonds. The van der Waals surface area contributed by atoms with Crippen LogP contribution in [-0.2, 0) is 9.59 Å². The van der Waals surface area contributed by atoms with E-state index in [0.29, 0.717) is 23.0 Å². The summed E-state index contributed by atoms with van der Waals surface area (Å²) in [6.07, 6.45) is 1.37. The number of phenols is 1. The van der Waals surface area contributed by atoms with E-state index in [-0.39, 0.29) is 16.3 Å². The van der Waals surface area contributed by atoms with Crippen molar-refractivity contribution in [2.24, 2.45) is 0 Å². The van der Waals surface area contributed by atoms with E-state index in [2.05, 4.69) is 5.32 Å². The Morgan fingerprint density at radius 3 is 2.73 bits per heavy atom. The third-order valence-electron chi connectivity index (χ3n) is 4.09. The zero-order valence-corrected chi connectivity index (χ0v) is 13.9. The van der Waals surface area contributed by atoms with Gasteiger partial charge >= 0.3 is 0 Å². The fraction of sp³-hybridized carbons (Fsp3) is 0.0556. The number of imide groups is 1. The number of hydrogen-bond donors (Lipinski definition) is 2. The van der Waals surface area contributed by atoms with Gasteiger partial charge in [0.2, 0.25) is 5.91 Å². The van der Waals surface area contributed by atoms with Crippen molar-refractivity contribution >= 4 is 40.2 Å². The molecule has 0 radical (unpaired) electrons. The first kappa shape index (κ1) is 16.3. The number of aromatic hydroxyl groups is 1. The molecule has 2 aliphatic heterocycles. The average molecular weight is 370 g/mol. The minimum Gasteiger partial charge on any atom is -0.508 e. The van der Waals surface area contributed by atoms with Crippen LogP contribution in [0.5, 0.6) is 5.75 Å². The molecule has 8 heteroatoms. The molecular weight excluding hydrogens is 359 g/mol. The van der Waals surface area contributed by atoms with Gasteiger partial charge in [0.15, 0.2) is 0 Å². The summed E-state index contributed by atoms with van der Waals surface area (Å²) >= 11 is 0.693. The molecule has 6 nitrogen and oxygen atoms in total. The van der Waals surface area contributed by atoms with Crippen molar-refractivity contribution in [1.82, 2.24) is 0 Å². The number of nitrogens with one attached hydrogen (secondary N) is 1. The van der Waals surface area contributed by atoms with Crippen LogP contribution in [0.4, 0.5) is 20.6 Å². The second-order valence-electron chi connectivity index (χ2n) is 5.76. The van der Waals surface area contributed by atoms with E-state index >= 15 is 0 Å². The molecule has 1 atom stereocenters. The molecule has 2 aliphatic rings. The van der Waals surface area contributed by atoms with Crippen molar-refractivity contribution in [3.63, 3.8) is 0 Å². The summed E-state index contributed by atoms with van der Waals surface area (Å²) in [7, 11) is 0. The fourth-order valence-electron chi connectivity index (χ4n) is 2.91. The Balaban J connectivity index is 1.69. The first-order valence-corrected chi connectivity index (χ1v) is 8.43. The molecule has 2 aromatic rings. The third kappa shape index (κ3) is 2.64. The first-order chi connectivity index (χ1) is 12.4. The number of carbonyl (C=O) groups excluding carboxylic acids is 3. The lowest BCUT2D eigenvalue weighted by atomic mass is 10.00. The first-order valence-electron chi connectivity index (χ1n) is 7.61. The summed E-state index contributed by atoms with van der Waals surface area (Å²) in [5, 5.41) is 11.6. The maximum Gasteiger partial charge on any atom is 0.298 e. The zero-order chi connectivity index (χ0) is 18.4. The second kappa shape index (κ2) is 5.99. The third-order valence-corrected chi connectivity index (χ3v) is 4.98. The van der Waals surface area contributed by atoms with E-state index in [0.717, 1.165) is 4.90 Å². The van der Waals surface area contributed by atoms with Crippen LogP contribution in [0.3, 0.4) is 0 Å². The van der Waals surface area contributed by atoms with Gasteiger partial charge in [0, 0.05) is 11.8 Å². The molecule has 0 aliphatic carbocycles. The summed E-state index contributed by atoms with van der Waals surface area (Å²) in [5.74, 6) is -2.42. The maximum atomic E-state index is 13.5. The molecule has 0 saturated carbocycles. The van der Waals surface area contributed by atoms with Crippen molar-refractivity contribution in [3.8, 4) is 5.75 Å². The standard InChI is InChI=1S/C18H11FN2O4S/c19-9-4-5-14-12(6-9)13(16(23)20-14)8-15-17(24)21(18(25)26-15)10-2-1-3-11(22)7-10/h1-8,13,22H,(H,20,23)/b15-8-/t13-/m1/s1. The lowest BCUT2D eigenvalue weighted by molar-refractivity contribution is -0.116. The minimum absolute atomic E-state index is 0.0786. The predicted octanol–water partition coefficient (Wildman–Crippen LogP) is 3.35. The maximum absolute atomic E-state index is 13.5. The number of hydrogen-bond acceptors (Lipinski definition) is 5. The largest absolute Gasteiger partial charge is 0.508 e. The highest BCUT2D eigenvalue weighted by atomic mass is 32.2. The molecule has 2 aromatic carbocycles. The Bertz CT molecular complexity index is 1000. The van der Waals surface area contributed by atoms with E-state index in [9.17, 15) is 23.9 Å². The van der Waals surface area contributed by atoms with Crippen LogP contribution in [0, 0.1) is 5.82 Å². The molecule has 130 valence electrons. The normalized spacial score (nSPS) is 20.7. The van der Waals surface area contributed by atoms with E-state index < -0.39 is 28.8 Å². The number of amides is 3. The lowest BCUT2D eigenvalue weighted by Gasteiger charge is -2.12. The number of phenolic OH excluding ortho intramolecular Hbond substituents is 1. The molecule has 4 rings (SSSR count). The van der Waals surface area contributed by atoms with E-state index in [1.807, 2.05) is 0 Å². The zero-order valence-electron chi connectivity index (χ0n) is 13.1. The molecule has 0 unspecified atom stereocenters. The van der Waals surface area contributed by atoms with Gasteiger partial charge in [-0.05, 0) is 53.7 Å². The predicted molar refractivity (Wildman–Crippen MR) is 94.4 cm³/mol. The van der Waals surface area contributed by atoms with Crippen LogP contribution in [0.2, 0.25) is 0 Å². The van der Waals surface area contributed by atoms with Crippen molar-refractivity contribution in [1.29, 1.82) is 0 Å². The van der Waals surface area contributed by atoms with Gasteiger partial charge in [-0.25, -0.2) is 9.29 Å². The smallest absolute Gasteiger partial charge is 0.298 e. The Hall–Kier alpha value is -3.13. The van der Waals surface area contributed by atoms with Gasteiger partial charge in [0.05, 0.1) is 16.5 Å². The summed E-state index contributed by atoms with van der Waals surface area (Å²) in [6.45, 7) is 0. The molecule has 1 saturated heterocycles. The number of rotatable bonds is 2. The summed E-state index contributed by atoms with van der Waals surface area (Å²) in [5.41, 5.74) is 1.13. The van der Waals surface area contributed by atoms with Gasteiger partial charge in [0.25, 0.3) is 11.1 Å². The van der Waals surface area contributed by atoms with Crippen LogP contribution < -0.4 is 10.2 Å². The molecule has 0 spiro atoms. The Labute approximate surface area is 151 Å². The number of fused-ring (bicyclic) bond motifs is 1. The van der Waals surface area contributed by atoms with Crippen LogP contribution in [-0.4, -0.2) is 22.2 Å². The second-order valence-corrected chi connectivity index (χ2v) is 6.75. The molecule has 26 heavy (non-hydrogen) atoms. The molecule has 2 heterocycles. The van der Waals surface area contributed by atoms with Gasteiger partial charge in [-0.1, -0.05) is 6.07 Å². The van der Waals surface area contributed by atoms with Gasteiger partial charge < -0.3 is 10.4 Å². The van der Waals surface area contributed by atoms with Crippen LogP contribution in [0.1, 0.15) is 11.5 Å². The Kier molecular flexibility index (Phi) is 3.77.